The first-order chi connectivity index (χ1) is 9.04. The number of rotatable bonds is 6. The number of furan rings is 1. The molecule has 2 rings (SSSR count). The maximum absolute atomic E-state index is 10.7. The number of aromatic amines is 1. The molecule has 0 aliphatic rings. The molecule has 0 saturated heterocycles. The van der Waals surface area contributed by atoms with Crippen molar-refractivity contribution in [3.05, 3.63) is 29.5 Å². The number of H-pyrrole nitrogens is 1. The van der Waals surface area contributed by atoms with Gasteiger partial charge in [0.25, 0.3) is 0 Å². The number of nitrogens with one attached hydrogen (secondary N) is 1. The standard InChI is InChI=1S/C12H15N3O3S/c1-7(2)5-10-13-12(15-14-10)19-6-8-3-4-9(18-8)11(16)17/h3-4,7H,5-6H2,1-2H3,(H,16,17)(H,13,14,15). The summed E-state index contributed by atoms with van der Waals surface area (Å²) in [5, 5.41) is 16.4. The molecule has 0 saturated carbocycles. The first-order valence-corrected chi connectivity index (χ1v) is 6.89. The first kappa shape index (κ1) is 13.7. The second-order valence-corrected chi connectivity index (χ2v) is 5.46. The lowest BCUT2D eigenvalue weighted by molar-refractivity contribution is 0.0661. The highest BCUT2D eigenvalue weighted by molar-refractivity contribution is 7.98. The molecule has 102 valence electrons. The van der Waals surface area contributed by atoms with E-state index in [1.807, 2.05) is 0 Å². The molecule has 2 N–H and O–H groups in total. The number of aromatic nitrogens is 3. The summed E-state index contributed by atoms with van der Waals surface area (Å²) in [4.78, 5) is 15.0. The Hall–Kier alpha value is -1.76. The van der Waals surface area contributed by atoms with Crippen molar-refractivity contribution in [3.8, 4) is 0 Å². The molecule has 19 heavy (non-hydrogen) atoms. The number of carboxylic acids is 1. The van der Waals surface area contributed by atoms with Crippen molar-refractivity contribution in [2.24, 2.45) is 5.92 Å². The van der Waals surface area contributed by atoms with Gasteiger partial charge in [-0.05, 0) is 18.1 Å². The Morgan fingerprint density at radius 3 is 2.95 bits per heavy atom. The van der Waals surface area contributed by atoms with Gasteiger partial charge in [-0.15, -0.1) is 5.10 Å². The molecule has 0 aromatic carbocycles. The molecule has 6 nitrogen and oxygen atoms in total. The van der Waals surface area contributed by atoms with Gasteiger partial charge in [0, 0.05) is 6.42 Å². The van der Waals surface area contributed by atoms with Crippen molar-refractivity contribution < 1.29 is 14.3 Å². The fourth-order valence-corrected chi connectivity index (χ4v) is 2.24. The van der Waals surface area contributed by atoms with Crippen LogP contribution in [0, 0.1) is 5.92 Å². The van der Waals surface area contributed by atoms with Crippen molar-refractivity contribution in [2.75, 3.05) is 0 Å². The summed E-state index contributed by atoms with van der Waals surface area (Å²) < 4.78 is 5.15. The average Bonchev–Trinajstić information content (AvgIpc) is 2.94. The van der Waals surface area contributed by atoms with Gasteiger partial charge in [-0.3, -0.25) is 5.10 Å². The van der Waals surface area contributed by atoms with Crippen LogP contribution in [0.2, 0.25) is 0 Å². The van der Waals surface area contributed by atoms with Gasteiger partial charge in [0.1, 0.15) is 11.6 Å². The summed E-state index contributed by atoms with van der Waals surface area (Å²) in [6, 6.07) is 3.10. The molecular weight excluding hydrogens is 266 g/mol. The molecule has 0 aliphatic heterocycles. The minimum atomic E-state index is -1.06. The number of hydrogen-bond acceptors (Lipinski definition) is 5. The number of thioether (sulfide) groups is 1. The zero-order valence-corrected chi connectivity index (χ0v) is 11.5. The third-order valence-electron chi connectivity index (χ3n) is 2.33. The number of aromatic carboxylic acids is 1. The third kappa shape index (κ3) is 3.85. The molecule has 0 radical (unpaired) electrons. The van der Waals surface area contributed by atoms with Crippen LogP contribution in [0.3, 0.4) is 0 Å². The zero-order valence-electron chi connectivity index (χ0n) is 10.7. The van der Waals surface area contributed by atoms with Crippen LogP contribution in [-0.4, -0.2) is 26.3 Å². The van der Waals surface area contributed by atoms with E-state index >= 15 is 0 Å². The fourth-order valence-electron chi connectivity index (χ4n) is 1.53. The molecule has 0 spiro atoms. The molecule has 0 fully saturated rings. The van der Waals surface area contributed by atoms with Gasteiger partial charge < -0.3 is 9.52 Å². The monoisotopic (exact) mass is 281 g/mol. The molecule has 2 heterocycles. The van der Waals surface area contributed by atoms with Gasteiger partial charge >= 0.3 is 5.97 Å². The molecule has 0 amide bonds. The fraction of sp³-hybridized carbons (Fsp3) is 0.417. The van der Waals surface area contributed by atoms with Crippen LogP contribution in [0.25, 0.3) is 0 Å². The number of nitrogens with zero attached hydrogens (tertiary/aromatic N) is 2. The normalized spacial score (nSPS) is 11.1. The lowest BCUT2D eigenvalue weighted by Gasteiger charge is -1.97. The highest BCUT2D eigenvalue weighted by atomic mass is 32.2. The highest BCUT2D eigenvalue weighted by Gasteiger charge is 2.11. The Morgan fingerprint density at radius 1 is 1.53 bits per heavy atom. The van der Waals surface area contributed by atoms with Gasteiger partial charge in [-0.25, -0.2) is 9.78 Å². The molecule has 2 aromatic heterocycles. The third-order valence-corrected chi connectivity index (χ3v) is 3.20. The second kappa shape index (κ2) is 5.92. The lowest BCUT2D eigenvalue weighted by atomic mass is 10.1. The maximum Gasteiger partial charge on any atom is 0.371 e. The molecule has 0 bridgehead atoms. The van der Waals surface area contributed by atoms with E-state index in [0.29, 0.717) is 22.6 Å². The first-order valence-electron chi connectivity index (χ1n) is 5.90. The highest BCUT2D eigenvalue weighted by Crippen LogP contribution is 2.21. The Labute approximate surface area is 114 Å². The predicted octanol–water partition coefficient (Wildman–Crippen LogP) is 2.59. The van der Waals surface area contributed by atoms with E-state index in [0.717, 1.165) is 12.2 Å². The molecule has 0 aliphatic carbocycles. The van der Waals surface area contributed by atoms with Gasteiger partial charge in [0.05, 0.1) is 5.75 Å². The van der Waals surface area contributed by atoms with E-state index in [9.17, 15) is 4.79 Å². The van der Waals surface area contributed by atoms with Crippen LogP contribution in [0.5, 0.6) is 0 Å². The van der Waals surface area contributed by atoms with E-state index < -0.39 is 5.97 Å². The van der Waals surface area contributed by atoms with E-state index in [1.54, 1.807) is 6.07 Å². The molecule has 0 atom stereocenters. The van der Waals surface area contributed by atoms with Gasteiger partial charge in [0.15, 0.2) is 0 Å². The predicted molar refractivity (Wildman–Crippen MR) is 70.2 cm³/mol. The Balaban J connectivity index is 1.90. The van der Waals surface area contributed by atoms with E-state index in [2.05, 4.69) is 29.0 Å². The molecule has 2 aromatic rings. The van der Waals surface area contributed by atoms with Crippen LogP contribution in [0.4, 0.5) is 0 Å². The van der Waals surface area contributed by atoms with Crippen LogP contribution in [0.1, 0.15) is 36.0 Å². The summed E-state index contributed by atoms with van der Waals surface area (Å²) in [6.07, 6.45) is 0.859. The minimum absolute atomic E-state index is 0.0499. The van der Waals surface area contributed by atoms with Crippen LogP contribution < -0.4 is 0 Å². The van der Waals surface area contributed by atoms with E-state index in [-0.39, 0.29) is 5.76 Å². The summed E-state index contributed by atoms with van der Waals surface area (Å²) in [6.45, 7) is 4.23. The molecular formula is C12H15N3O3S. The van der Waals surface area contributed by atoms with E-state index in [1.165, 1.54) is 17.8 Å². The molecule has 7 heteroatoms. The summed E-state index contributed by atoms with van der Waals surface area (Å²) in [5.74, 6) is 1.38. The average molecular weight is 281 g/mol. The van der Waals surface area contributed by atoms with Gasteiger partial charge in [-0.2, -0.15) is 0 Å². The largest absolute Gasteiger partial charge is 0.475 e. The Kier molecular flexibility index (Phi) is 4.26. The topological polar surface area (TPSA) is 92.0 Å². The Bertz CT molecular complexity index is 562. The van der Waals surface area contributed by atoms with Crippen molar-refractivity contribution in [1.29, 1.82) is 0 Å². The van der Waals surface area contributed by atoms with Crippen molar-refractivity contribution >= 4 is 17.7 Å². The zero-order chi connectivity index (χ0) is 13.8. The number of carbonyl (C=O) groups is 1. The van der Waals surface area contributed by atoms with E-state index in [4.69, 9.17) is 9.52 Å². The van der Waals surface area contributed by atoms with Gasteiger partial charge in [-0.1, -0.05) is 25.6 Å². The molecule has 0 unspecified atom stereocenters. The SMILES string of the molecule is CC(C)Cc1nc(SCc2ccc(C(=O)O)o2)n[nH]1. The van der Waals surface area contributed by atoms with Crippen LogP contribution in [-0.2, 0) is 12.2 Å². The van der Waals surface area contributed by atoms with Crippen LogP contribution in [0.15, 0.2) is 21.7 Å². The Morgan fingerprint density at radius 2 is 2.32 bits per heavy atom. The summed E-state index contributed by atoms with van der Waals surface area (Å²) in [7, 11) is 0. The lowest BCUT2D eigenvalue weighted by Crippen LogP contribution is -1.95. The number of hydrogen-bond donors (Lipinski definition) is 2. The summed E-state index contributed by atoms with van der Waals surface area (Å²) >= 11 is 1.41. The van der Waals surface area contributed by atoms with Crippen molar-refractivity contribution in [3.63, 3.8) is 0 Å². The number of carboxylic acid groups (broad SMARTS) is 1. The quantitative estimate of drug-likeness (QED) is 0.791. The van der Waals surface area contributed by atoms with Crippen molar-refractivity contribution in [2.45, 2.75) is 31.2 Å². The second-order valence-electron chi connectivity index (χ2n) is 4.52. The smallest absolute Gasteiger partial charge is 0.371 e. The van der Waals surface area contributed by atoms with Crippen molar-refractivity contribution in [1.82, 2.24) is 15.2 Å². The summed E-state index contributed by atoms with van der Waals surface area (Å²) in [5.41, 5.74) is 0. The van der Waals surface area contributed by atoms with Crippen LogP contribution >= 0.6 is 11.8 Å². The maximum atomic E-state index is 10.7. The minimum Gasteiger partial charge on any atom is -0.475 e. The van der Waals surface area contributed by atoms with Gasteiger partial charge in [0.2, 0.25) is 10.9 Å².